The number of amides is 2. The molecule has 0 saturated heterocycles. The van der Waals surface area contributed by atoms with Crippen molar-refractivity contribution in [3.63, 3.8) is 0 Å². The van der Waals surface area contributed by atoms with Gasteiger partial charge in [-0.3, -0.25) is 9.59 Å². The number of nitrogens with one attached hydrogen (secondary N) is 2. The van der Waals surface area contributed by atoms with Crippen LogP contribution in [0.5, 0.6) is 0 Å². The van der Waals surface area contributed by atoms with Gasteiger partial charge in [0.05, 0.1) is 24.4 Å². The van der Waals surface area contributed by atoms with Gasteiger partial charge in [-0.25, -0.2) is 0 Å². The van der Waals surface area contributed by atoms with Gasteiger partial charge in [0.2, 0.25) is 5.91 Å². The Kier molecular flexibility index (Phi) is 6.30. The molecule has 6 heteroatoms. The van der Waals surface area contributed by atoms with Crippen molar-refractivity contribution in [2.75, 3.05) is 10.2 Å². The highest BCUT2D eigenvalue weighted by molar-refractivity contribution is 5.95. The SMILES string of the molecule is CCC(=O)Nc1ccc(C(C)NC(=O)c2ccoc2CN2c3ccccc3CC2C)cc1. The van der Waals surface area contributed by atoms with Gasteiger partial charge in [0, 0.05) is 23.8 Å². The van der Waals surface area contributed by atoms with Crippen LogP contribution < -0.4 is 15.5 Å². The van der Waals surface area contributed by atoms with Crippen LogP contribution in [0.2, 0.25) is 0 Å². The molecule has 1 aromatic heterocycles. The minimum atomic E-state index is -0.187. The van der Waals surface area contributed by atoms with Crippen molar-refractivity contribution >= 4 is 23.2 Å². The van der Waals surface area contributed by atoms with Gasteiger partial charge in [0.15, 0.2) is 0 Å². The molecule has 2 atom stereocenters. The van der Waals surface area contributed by atoms with Crippen LogP contribution in [0.4, 0.5) is 11.4 Å². The third kappa shape index (κ3) is 4.54. The number of rotatable bonds is 7. The van der Waals surface area contributed by atoms with Crippen LogP contribution in [-0.4, -0.2) is 17.9 Å². The van der Waals surface area contributed by atoms with Crippen molar-refractivity contribution in [1.82, 2.24) is 5.32 Å². The van der Waals surface area contributed by atoms with Crippen LogP contribution >= 0.6 is 0 Å². The molecule has 0 saturated carbocycles. The highest BCUT2D eigenvalue weighted by Gasteiger charge is 2.28. The van der Waals surface area contributed by atoms with E-state index in [1.807, 2.05) is 44.2 Å². The van der Waals surface area contributed by atoms with Crippen molar-refractivity contribution in [2.45, 2.75) is 52.2 Å². The molecule has 2 unspecified atom stereocenters. The number of nitrogens with zero attached hydrogens (tertiary/aromatic N) is 1. The molecule has 3 aromatic rings. The van der Waals surface area contributed by atoms with E-state index in [9.17, 15) is 9.59 Å². The van der Waals surface area contributed by atoms with Crippen molar-refractivity contribution in [1.29, 1.82) is 0 Å². The predicted molar refractivity (Wildman–Crippen MR) is 126 cm³/mol. The van der Waals surface area contributed by atoms with E-state index in [0.29, 0.717) is 30.3 Å². The van der Waals surface area contributed by atoms with Crippen LogP contribution in [0, 0.1) is 0 Å². The summed E-state index contributed by atoms with van der Waals surface area (Å²) in [7, 11) is 0. The van der Waals surface area contributed by atoms with Crippen molar-refractivity contribution < 1.29 is 14.0 Å². The molecule has 2 amide bonds. The molecule has 0 aliphatic carbocycles. The smallest absolute Gasteiger partial charge is 0.255 e. The number of furan rings is 1. The van der Waals surface area contributed by atoms with E-state index in [1.54, 1.807) is 12.3 Å². The average Bonchev–Trinajstić information content (AvgIpc) is 3.38. The molecule has 6 nitrogen and oxygen atoms in total. The Morgan fingerprint density at radius 3 is 2.62 bits per heavy atom. The summed E-state index contributed by atoms with van der Waals surface area (Å²) in [6.07, 6.45) is 3.00. The maximum atomic E-state index is 13.0. The van der Waals surface area contributed by atoms with Crippen LogP contribution in [-0.2, 0) is 17.8 Å². The second kappa shape index (κ2) is 9.30. The van der Waals surface area contributed by atoms with Gasteiger partial charge in [-0.15, -0.1) is 0 Å². The maximum absolute atomic E-state index is 13.0. The monoisotopic (exact) mass is 431 g/mol. The first kappa shape index (κ1) is 21.7. The Morgan fingerprint density at radius 2 is 1.88 bits per heavy atom. The summed E-state index contributed by atoms with van der Waals surface area (Å²) < 4.78 is 5.72. The molecule has 4 rings (SSSR count). The first-order chi connectivity index (χ1) is 15.5. The maximum Gasteiger partial charge on any atom is 0.255 e. The van der Waals surface area contributed by atoms with Crippen LogP contribution in [0.3, 0.4) is 0 Å². The fourth-order valence-electron chi connectivity index (χ4n) is 4.15. The number of hydrogen-bond acceptors (Lipinski definition) is 4. The number of anilines is 2. The Hall–Kier alpha value is -3.54. The van der Waals surface area contributed by atoms with E-state index in [2.05, 4.69) is 40.7 Å². The normalized spacial score (nSPS) is 15.8. The fraction of sp³-hybridized carbons (Fsp3) is 0.308. The predicted octanol–water partition coefficient (Wildman–Crippen LogP) is 5.07. The number of carbonyl (C=O) groups is 2. The van der Waals surface area contributed by atoms with E-state index >= 15 is 0 Å². The number of hydrogen-bond donors (Lipinski definition) is 2. The van der Waals surface area contributed by atoms with Crippen LogP contribution in [0.25, 0.3) is 0 Å². The Bertz CT molecular complexity index is 1100. The fourth-order valence-corrected chi connectivity index (χ4v) is 4.15. The van der Waals surface area contributed by atoms with Crippen LogP contribution in [0.1, 0.15) is 60.5 Å². The Balaban J connectivity index is 1.43. The number of fused-ring (bicyclic) bond motifs is 1. The zero-order valence-corrected chi connectivity index (χ0v) is 18.7. The molecule has 0 bridgehead atoms. The van der Waals surface area contributed by atoms with Crippen LogP contribution in [0.15, 0.2) is 65.3 Å². The van der Waals surface area contributed by atoms with Gasteiger partial charge in [0.1, 0.15) is 5.76 Å². The van der Waals surface area contributed by atoms with E-state index in [1.165, 1.54) is 11.3 Å². The van der Waals surface area contributed by atoms with E-state index in [4.69, 9.17) is 4.42 Å². The molecule has 1 aliphatic rings. The lowest BCUT2D eigenvalue weighted by molar-refractivity contribution is -0.115. The van der Waals surface area contributed by atoms with Crippen molar-refractivity contribution in [3.05, 3.63) is 83.3 Å². The number of carbonyl (C=O) groups excluding carboxylic acids is 2. The Morgan fingerprint density at radius 1 is 1.12 bits per heavy atom. The summed E-state index contributed by atoms with van der Waals surface area (Å²) in [5.74, 6) is 0.474. The van der Waals surface area contributed by atoms with E-state index in [0.717, 1.165) is 17.7 Å². The summed E-state index contributed by atoms with van der Waals surface area (Å²) in [6.45, 7) is 6.50. The zero-order chi connectivity index (χ0) is 22.7. The number of para-hydroxylation sites is 1. The van der Waals surface area contributed by atoms with E-state index < -0.39 is 0 Å². The molecule has 32 heavy (non-hydrogen) atoms. The molecule has 0 spiro atoms. The third-order valence-corrected chi connectivity index (χ3v) is 6.02. The van der Waals surface area contributed by atoms with E-state index in [-0.39, 0.29) is 17.9 Å². The van der Waals surface area contributed by atoms with Gasteiger partial charge in [-0.05, 0) is 55.7 Å². The molecule has 166 valence electrons. The first-order valence-corrected chi connectivity index (χ1v) is 11.1. The molecule has 2 aromatic carbocycles. The minimum Gasteiger partial charge on any atom is -0.467 e. The summed E-state index contributed by atoms with van der Waals surface area (Å²) in [5, 5.41) is 5.89. The average molecular weight is 432 g/mol. The summed E-state index contributed by atoms with van der Waals surface area (Å²) in [4.78, 5) is 26.8. The second-order valence-electron chi connectivity index (χ2n) is 8.29. The van der Waals surface area contributed by atoms with Gasteiger partial charge in [0.25, 0.3) is 5.91 Å². The molecule has 0 radical (unpaired) electrons. The largest absolute Gasteiger partial charge is 0.467 e. The lowest BCUT2D eigenvalue weighted by atomic mass is 10.1. The molecule has 2 N–H and O–H groups in total. The second-order valence-corrected chi connectivity index (χ2v) is 8.29. The molecule has 0 fully saturated rings. The highest BCUT2D eigenvalue weighted by atomic mass is 16.3. The van der Waals surface area contributed by atoms with Gasteiger partial charge >= 0.3 is 0 Å². The zero-order valence-electron chi connectivity index (χ0n) is 18.7. The lowest BCUT2D eigenvalue weighted by Gasteiger charge is -2.24. The summed E-state index contributed by atoms with van der Waals surface area (Å²) in [5.41, 5.74) is 4.78. The van der Waals surface area contributed by atoms with Crippen molar-refractivity contribution in [3.8, 4) is 0 Å². The van der Waals surface area contributed by atoms with Crippen molar-refractivity contribution in [2.24, 2.45) is 0 Å². The quantitative estimate of drug-likeness (QED) is 0.548. The summed E-state index contributed by atoms with van der Waals surface area (Å²) in [6, 6.07) is 17.8. The third-order valence-electron chi connectivity index (χ3n) is 6.02. The lowest BCUT2D eigenvalue weighted by Crippen LogP contribution is -2.31. The molecular formula is C26H29N3O3. The first-order valence-electron chi connectivity index (χ1n) is 11.1. The summed E-state index contributed by atoms with van der Waals surface area (Å²) >= 11 is 0. The Labute approximate surface area is 188 Å². The van der Waals surface area contributed by atoms with Gasteiger partial charge in [-0.2, -0.15) is 0 Å². The molecule has 2 heterocycles. The number of benzene rings is 2. The van der Waals surface area contributed by atoms with Gasteiger partial charge < -0.3 is 20.0 Å². The topological polar surface area (TPSA) is 74.6 Å². The highest BCUT2D eigenvalue weighted by Crippen LogP contribution is 2.33. The molecule has 1 aliphatic heterocycles. The molecular weight excluding hydrogens is 402 g/mol. The van der Waals surface area contributed by atoms with Gasteiger partial charge in [-0.1, -0.05) is 37.3 Å². The standard InChI is InChI=1S/C26H29N3O3/c1-4-25(30)28-21-11-9-19(10-12-21)18(3)27-26(31)22-13-14-32-24(22)16-29-17(2)15-20-7-5-6-8-23(20)29/h5-14,17-18H,4,15-16H2,1-3H3,(H,27,31)(H,28,30). The minimum absolute atomic E-state index is 0.0264.